The van der Waals surface area contributed by atoms with Crippen molar-refractivity contribution in [3.05, 3.63) is 53.9 Å². The number of hydrazine groups is 1. The molecule has 5 nitrogen and oxygen atoms in total. The first-order chi connectivity index (χ1) is 10.3. The predicted molar refractivity (Wildman–Crippen MR) is 82.2 cm³/mol. The number of hydrogen-bond acceptors (Lipinski definition) is 5. The van der Waals surface area contributed by atoms with Crippen LogP contribution in [0.15, 0.2) is 42.7 Å². The fourth-order valence-corrected chi connectivity index (χ4v) is 2.16. The number of nitrogens with one attached hydrogen (secondary N) is 1. The molecular weight excluding hydrogens is 266 g/mol. The van der Waals surface area contributed by atoms with Gasteiger partial charge >= 0.3 is 0 Å². The van der Waals surface area contributed by atoms with E-state index in [0.717, 1.165) is 29.0 Å². The maximum atomic E-state index is 5.74. The van der Waals surface area contributed by atoms with Crippen LogP contribution in [0.2, 0.25) is 0 Å². The second kappa shape index (κ2) is 7.61. The van der Waals surface area contributed by atoms with Gasteiger partial charge in [-0.25, -0.2) is 5.43 Å². The molecule has 0 radical (unpaired) electrons. The molecule has 2 aromatic rings. The van der Waals surface area contributed by atoms with Gasteiger partial charge in [-0.15, -0.1) is 0 Å². The Morgan fingerprint density at radius 1 is 1.29 bits per heavy atom. The quantitative estimate of drug-likeness (QED) is 0.604. The number of pyridine rings is 1. The summed E-state index contributed by atoms with van der Waals surface area (Å²) in [6.45, 7) is 2.73. The Kier molecular flexibility index (Phi) is 5.54. The molecule has 3 N–H and O–H groups in total. The SMILES string of the molecule is CCCOc1cncc(C(NN)c2ccccc2OC)c1. The summed E-state index contributed by atoms with van der Waals surface area (Å²) >= 11 is 0. The Balaban J connectivity index is 2.32. The van der Waals surface area contributed by atoms with E-state index in [-0.39, 0.29) is 6.04 Å². The molecule has 0 saturated carbocycles. The van der Waals surface area contributed by atoms with Crippen LogP contribution < -0.4 is 20.7 Å². The number of nitrogens with two attached hydrogens (primary N) is 1. The van der Waals surface area contributed by atoms with E-state index < -0.39 is 0 Å². The third-order valence-corrected chi connectivity index (χ3v) is 3.16. The van der Waals surface area contributed by atoms with E-state index in [1.165, 1.54) is 0 Å². The molecule has 1 unspecified atom stereocenters. The van der Waals surface area contributed by atoms with Gasteiger partial charge in [0, 0.05) is 11.8 Å². The van der Waals surface area contributed by atoms with E-state index in [2.05, 4.69) is 17.3 Å². The van der Waals surface area contributed by atoms with Gasteiger partial charge < -0.3 is 9.47 Å². The third kappa shape index (κ3) is 3.71. The lowest BCUT2D eigenvalue weighted by Gasteiger charge is -2.19. The molecule has 5 heteroatoms. The first-order valence-electron chi connectivity index (χ1n) is 6.97. The third-order valence-electron chi connectivity index (χ3n) is 3.16. The molecule has 0 bridgehead atoms. The van der Waals surface area contributed by atoms with Gasteiger partial charge in [-0.1, -0.05) is 25.1 Å². The van der Waals surface area contributed by atoms with Crippen molar-refractivity contribution in [3.8, 4) is 11.5 Å². The van der Waals surface area contributed by atoms with Gasteiger partial charge in [-0.05, 0) is 24.1 Å². The van der Waals surface area contributed by atoms with Gasteiger partial charge in [0.1, 0.15) is 11.5 Å². The van der Waals surface area contributed by atoms with E-state index in [1.807, 2.05) is 30.3 Å². The van der Waals surface area contributed by atoms with Crippen LogP contribution in [-0.4, -0.2) is 18.7 Å². The van der Waals surface area contributed by atoms with Gasteiger partial charge in [-0.3, -0.25) is 10.8 Å². The number of nitrogens with zero attached hydrogens (tertiary/aromatic N) is 1. The van der Waals surface area contributed by atoms with E-state index in [0.29, 0.717) is 6.61 Å². The summed E-state index contributed by atoms with van der Waals surface area (Å²) in [5.74, 6) is 7.25. The minimum atomic E-state index is -0.209. The smallest absolute Gasteiger partial charge is 0.137 e. The molecular formula is C16H21N3O2. The molecule has 2 rings (SSSR count). The van der Waals surface area contributed by atoms with Crippen LogP contribution in [-0.2, 0) is 0 Å². The van der Waals surface area contributed by atoms with Gasteiger partial charge in [0.05, 0.1) is 26.0 Å². The number of para-hydroxylation sites is 1. The molecule has 0 aliphatic heterocycles. The van der Waals surface area contributed by atoms with Crippen molar-refractivity contribution >= 4 is 0 Å². The van der Waals surface area contributed by atoms with E-state index in [9.17, 15) is 0 Å². The van der Waals surface area contributed by atoms with Crippen molar-refractivity contribution in [2.75, 3.05) is 13.7 Å². The largest absolute Gasteiger partial charge is 0.496 e. The lowest BCUT2D eigenvalue weighted by Crippen LogP contribution is -2.29. The standard InChI is InChI=1S/C16H21N3O2/c1-3-8-21-13-9-12(10-18-11-13)16(19-17)14-6-4-5-7-15(14)20-2/h4-7,9-11,16,19H,3,8,17H2,1-2H3. The predicted octanol–water partition coefficient (Wildman–Crippen LogP) is 2.43. The summed E-state index contributed by atoms with van der Waals surface area (Å²) in [6, 6.07) is 9.49. The van der Waals surface area contributed by atoms with Gasteiger partial charge in [-0.2, -0.15) is 0 Å². The molecule has 0 aliphatic carbocycles. The molecule has 21 heavy (non-hydrogen) atoms. The van der Waals surface area contributed by atoms with Crippen molar-refractivity contribution in [2.45, 2.75) is 19.4 Å². The molecule has 0 saturated heterocycles. The fraction of sp³-hybridized carbons (Fsp3) is 0.312. The Labute approximate surface area is 125 Å². The Morgan fingerprint density at radius 3 is 2.81 bits per heavy atom. The summed E-state index contributed by atoms with van der Waals surface area (Å²) in [5.41, 5.74) is 4.70. The van der Waals surface area contributed by atoms with E-state index >= 15 is 0 Å². The molecule has 1 atom stereocenters. The fourth-order valence-electron chi connectivity index (χ4n) is 2.16. The highest BCUT2D eigenvalue weighted by atomic mass is 16.5. The van der Waals surface area contributed by atoms with Gasteiger partial charge in [0.2, 0.25) is 0 Å². The van der Waals surface area contributed by atoms with Crippen molar-refractivity contribution in [2.24, 2.45) is 5.84 Å². The molecule has 0 amide bonds. The van der Waals surface area contributed by atoms with Crippen molar-refractivity contribution in [1.29, 1.82) is 0 Å². The van der Waals surface area contributed by atoms with Gasteiger partial charge in [0.25, 0.3) is 0 Å². The maximum absolute atomic E-state index is 5.74. The summed E-state index contributed by atoms with van der Waals surface area (Å²) < 4.78 is 11.0. The minimum Gasteiger partial charge on any atom is -0.496 e. The maximum Gasteiger partial charge on any atom is 0.137 e. The van der Waals surface area contributed by atoms with Crippen LogP contribution in [0.5, 0.6) is 11.5 Å². The summed E-state index contributed by atoms with van der Waals surface area (Å²) in [5, 5.41) is 0. The molecule has 0 spiro atoms. The highest BCUT2D eigenvalue weighted by Gasteiger charge is 2.17. The molecule has 1 heterocycles. The first-order valence-corrected chi connectivity index (χ1v) is 6.97. The summed E-state index contributed by atoms with van der Waals surface area (Å²) in [6.07, 6.45) is 4.43. The van der Waals surface area contributed by atoms with Crippen LogP contribution >= 0.6 is 0 Å². The van der Waals surface area contributed by atoms with Crippen LogP contribution in [0.1, 0.15) is 30.5 Å². The number of rotatable bonds is 7. The highest BCUT2D eigenvalue weighted by molar-refractivity contribution is 5.42. The lowest BCUT2D eigenvalue weighted by atomic mass is 10.00. The molecule has 0 aliphatic rings. The summed E-state index contributed by atoms with van der Waals surface area (Å²) in [4.78, 5) is 4.23. The molecule has 1 aromatic heterocycles. The Hall–Kier alpha value is -2.11. The van der Waals surface area contributed by atoms with Crippen LogP contribution in [0.4, 0.5) is 0 Å². The van der Waals surface area contributed by atoms with Crippen molar-refractivity contribution in [1.82, 2.24) is 10.4 Å². The lowest BCUT2D eigenvalue weighted by molar-refractivity contribution is 0.315. The van der Waals surface area contributed by atoms with E-state index in [4.69, 9.17) is 15.3 Å². The van der Waals surface area contributed by atoms with Crippen molar-refractivity contribution in [3.63, 3.8) is 0 Å². The number of benzene rings is 1. The van der Waals surface area contributed by atoms with E-state index in [1.54, 1.807) is 19.5 Å². The topological polar surface area (TPSA) is 69.4 Å². The Morgan fingerprint density at radius 2 is 2.10 bits per heavy atom. The average Bonchev–Trinajstić information content (AvgIpc) is 2.54. The highest BCUT2D eigenvalue weighted by Crippen LogP contribution is 2.30. The molecule has 1 aromatic carbocycles. The number of methoxy groups -OCH3 is 1. The minimum absolute atomic E-state index is 0.209. The van der Waals surface area contributed by atoms with Crippen LogP contribution in [0.3, 0.4) is 0 Å². The first kappa shape index (κ1) is 15.3. The zero-order valence-corrected chi connectivity index (χ0v) is 12.4. The number of hydrogen-bond donors (Lipinski definition) is 2. The Bertz CT molecular complexity index is 575. The zero-order valence-electron chi connectivity index (χ0n) is 12.4. The number of ether oxygens (including phenoxy) is 2. The second-order valence-corrected chi connectivity index (χ2v) is 4.64. The molecule has 0 fully saturated rings. The molecule has 112 valence electrons. The zero-order chi connectivity index (χ0) is 15.1. The van der Waals surface area contributed by atoms with Crippen LogP contribution in [0, 0.1) is 0 Å². The summed E-state index contributed by atoms with van der Waals surface area (Å²) in [7, 11) is 1.64. The van der Waals surface area contributed by atoms with Crippen LogP contribution in [0.25, 0.3) is 0 Å². The van der Waals surface area contributed by atoms with Gasteiger partial charge in [0.15, 0.2) is 0 Å². The normalized spacial score (nSPS) is 12.0. The van der Waals surface area contributed by atoms with Crippen molar-refractivity contribution < 1.29 is 9.47 Å². The number of aromatic nitrogens is 1. The average molecular weight is 287 g/mol. The monoisotopic (exact) mass is 287 g/mol. The second-order valence-electron chi connectivity index (χ2n) is 4.64.